The van der Waals surface area contributed by atoms with Crippen LogP contribution in [-0.2, 0) is 38.5 Å². The summed E-state index contributed by atoms with van der Waals surface area (Å²) in [6, 6.07) is 20.4. The molecule has 2 nitrogen and oxygen atoms in total. The molecule has 93 valence electrons. The van der Waals surface area contributed by atoms with Crippen molar-refractivity contribution in [2.45, 2.75) is 18.4 Å². The second-order valence-corrected chi connectivity index (χ2v) is 6.48. The average Bonchev–Trinajstić information content (AvgIpc) is 2.45. The molecule has 0 unspecified atom stereocenters. The van der Waals surface area contributed by atoms with Crippen LogP contribution < -0.4 is 0 Å². The van der Waals surface area contributed by atoms with Crippen LogP contribution in [0.2, 0.25) is 5.23 Å². The summed E-state index contributed by atoms with van der Waals surface area (Å²) in [5.41, 5.74) is 2.40. The van der Waals surface area contributed by atoms with Crippen molar-refractivity contribution in [3.63, 3.8) is 0 Å². The summed E-state index contributed by atoms with van der Waals surface area (Å²) in [5, 5.41) is 2.09. The standard InChI is InChI=1S/2C7H7O.CH3.Ti/c2*8-6-7-4-2-1-3-5-7;;/h2*1-5H,6H2;1H3;/q2*-1;;+2. The van der Waals surface area contributed by atoms with E-state index in [9.17, 15) is 0 Å². The molecule has 2 rings (SSSR count). The third-order valence-corrected chi connectivity index (χ3v) is 4.29. The first kappa shape index (κ1) is 13.5. The Morgan fingerprint density at radius 2 is 1.11 bits per heavy atom. The molecule has 0 N–H and O–H groups in total. The van der Waals surface area contributed by atoms with E-state index in [1.54, 1.807) is 0 Å². The van der Waals surface area contributed by atoms with Gasteiger partial charge in [-0.15, -0.1) is 0 Å². The molecule has 0 atom stereocenters. The Hall–Kier alpha value is -0.926. The molecule has 0 bridgehead atoms. The van der Waals surface area contributed by atoms with Crippen molar-refractivity contribution < 1.29 is 25.3 Å². The van der Waals surface area contributed by atoms with E-state index < -0.39 is 18.6 Å². The molecule has 0 fully saturated rings. The van der Waals surface area contributed by atoms with Gasteiger partial charge in [-0.25, -0.2) is 0 Å². The topological polar surface area (TPSA) is 18.5 Å². The van der Waals surface area contributed by atoms with E-state index in [0.29, 0.717) is 13.2 Å². The molecule has 2 aromatic rings. The van der Waals surface area contributed by atoms with Crippen LogP contribution in [0, 0.1) is 0 Å². The Morgan fingerprint density at radius 3 is 1.50 bits per heavy atom. The van der Waals surface area contributed by atoms with Gasteiger partial charge in [-0.05, 0) is 0 Å². The van der Waals surface area contributed by atoms with Crippen molar-refractivity contribution in [2.24, 2.45) is 0 Å². The third kappa shape index (κ3) is 4.75. The van der Waals surface area contributed by atoms with Gasteiger partial charge in [0.05, 0.1) is 0 Å². The van der Waals surface area contributed by atoms with Crippen molar-refractivity contribution in [2.75, 3.05) is 0 Å². The van der Waals surface area contributed by atoms with Crippen LogP contribution >= 0.6 is 0 Å². The van der Waals surface area contributed by atoms with Crippen LogP contribution in [0.4, 0.5) is 0 Å². The van der Waals surface area contributed by atoms with Gasteiger partial charge in [0.25, 0.3) is 0 Å². The van der Waals surface area contributed by atoms with Gasteiger partial charge < -0.3 is 0 Å². The zero-order chi connectivity index (χ0) is 12.6. The maximum absolute atomic E-state index is 5.79. The molecule has 0 radical (unpaired) electrons. The van der Waals surface area contributed by atoms with Crippen molar-refractivity contribution >= 4 is 0 Å². The second-order valence-electron chi connectivity index (χ2n) is 4.04. The molecule has 0 aliphatic rings. The van der Waals surface area contributed by atoms with E-state index >= 15 is 0 Å². The summed E-state index contributed by atoms with van der Waals surface area (Å²) >= 11 is -1.81. The molecule has 3 heteroatoms. The van der Waals surface area contributed by atoms with E-state index in [2.05, 4.69) is 29.5 Å². The predicted octanol–water partition coefficient (Wildman–Crippen LogP) is 3.92. The van der Waals surface area contributed by atoms with Crippen molar-refractivity contribution in [1.29, 1.82) is 0 Å². The van der Waals surface area contributed by atoms with Gasteiger partial charge in [0.2, 0.25) is 0 Å². The number of hydrogen-bond acceptors (Lipinski definition) is 2. The SMILES string of the molecule is [CH3][Ti]([O]Cc1ccccc1)[O]Cc1ccccc1. The molecular weight excluding hydrogens is 260 g/mol. The van der Waals surface area contributed by atoms with E-state index in [1.165, 1.54) is 11.1 Å². The molecule has 0 aliphatic heterocycles. The Morgan fingerprint density at radius 1 is 0.722 bits per heavy atom. The van der Waals surface area contributed by atoms with Gasteiger partial charge in [-0.3, -0.25) is 0 Å². The number of rotatable bonds is 6. The first-order valence-electron chi connectivity index (χ1n) is 6.01. The number of benzene rings is 2. The van der Waals surface area contributed by atoms with Crippen LogP contribution in [0.15, 0.2) is 60.7 Å². The number of hydrogen-bond donors (Lipinski definition) is 0. The Balaban J connectivity index is 1.71. The molecule has 0 heterocycles. The molecule has 0 saturated carbocycles. The summed E-state index contributed by atoms with van der Waals surface area (Å²) in [4.78, 5) is 0. The van der Waals surface area contributed by atoms with Gasteiger partial charge >= 0.3 is 116 Å². The third-order valence-electron chi connectivity index (χ3n) is 2.57. The Bertz CT molecular complexity index is 401. The zero-order valence-electron chi connectivity index (χ0n) is 10.5. The Kier molecular flexibility index (Phi) is 5.62. The van der Waals surface area contributed by atoms with Gasteiger partial charge in [0, 0.05) is 0 Å². The van der Waals surface area contributed by atoms with Gasteiger partial charge in [-0.1, -0.05) is 0 Å². The fourth-order valence-corrected chi connectivity index (χ4v) is 2.85. The zero-order valence-corrected chi connectivity index (χ0v) is 12.1. The van der Waals surface area contributed by atoms with Crippen LogP contribution in [0.5, 0.6) is 0 Å². The normalized spacial score (nSPS) is 10.3. The van der Waals surface area contributed by atoms with E-state index in [4.69, 9.17) is 6.64 Å². The Labute approximate surface area is 115 Å². The van der Waals surface area contributed by atoms with E-state index in [1.807, 2.05) is 36.4 Å². The van der Waals surface area contributed by atoms with Crippen molar-refractivity contribution in [3.05, 3.63) is 71.8 Å². The predicted molar refractivity (Wildman–Crippen MR) is 68.3 cm³/mol. The fourth-order valence-electron chi connectivity index (χ4n) is 1.56. The quantitative estimate of drug-likeness (QED) is 0.745. The van der Waals surface area contributed by atoms with Crippen molar-refractivity contribution in [1.82, 2.24) is 0 Å². The van der Waals surface area contributed by atoms with Crippen molar-refractivity contribution in [3.8, 4) is 0 Å². The summed E-state index contributed by atoms with van der Waals surface area (Å²) in [7, 11) is 0. The van der Waals surface area contributed by atoms with Crippen LogP contribution in [0.25, 0.3) is 0 Å². The summed E-state index contributed by atoms with van der Waals surface area (Å²) in [6.07, 6.45) is 0. The molecule has 0 spiro atoms. The summed E-state index contributed by atoms with van der Waals surface area (Å²) in [6.45, 7) is 1.31. The molecular formula is C15H17O2Ti. The van der Waals surface area contributed by atoms with Gasteiger partial charge in [0.1, 0.15) is 0 Å². The summed E-state index contributed by atoms with van der Waals surface area (Å²) < 4.78 is 11.6. The maximum atomic E-state index is 5.79. The molecule has 0 saturated heterocycles. The molecule has 18 heavy (non-hydrogen) atoms. The molecule has 0 aromatic heterocycles. The van der Waals surface area contributed by atoms with Crippen LogP contribution in [0.3, 0.4) is 0 Å². The molecule has 2 aromatic carbocycles. The minimum absolute atomic E-state index is 0.654. The average molecular weight is 277 g/mol. The van der Waals surface area contributed by atoms with Gasteiger partial charge in [-0.2, -0.15) is 0 Å². The van der Waals surface area contributed by atoms with Crippen LogP contribution in [0.1, 0.15) is 11.1 Å². The van der Waals surface area contributed by atoms with Gasteiger partial charge in [0.15, 0.2) is 0 Å². The first-order chi connectivity index (χ1) is 8.84. The molecule has 0 amide bonds. The molecule has 0 aliphatic carbocycles. The summed E-state index contributed by atoms with van der Waals surface area (Å²) in [5.74, 6) is 0. The first-order valence-corrected chi connectivity index (χ1v) is 8.85. The minimum atomic E-state index is -1.81. The second kappa shape index (κ2) is 7.50. The fraction of sp³-hybridized carbons (Fsp3) is 0.200. The monoisotopic (exact) mass is 277 g/mol. The van der Waals surface area contributed by atoms with E-state index in [-0.39, 0.29) is 0 Å². The van der Waals surface area contributed by atoms with E-state index in [0.717, 1.165) is 0 Å². The van der Waals surface area contributed by atoms with Crippen LogP contribution in [-0.4, -0.2) is 0 Å².